The van der Waals surface area contributed by atoms with Crippen molar-refractivity contribution in [2.75, 3.05) is 13.6 Å². The summed E-state index contributed by atoms with van der Waals surface area (Å²) in [5.74, 6) is 0.166. The van der Waals surface area contributed by atoms with Gasteiger partial charge in [-0.3, -0.25) is 14.9 Å². The Morgan fingerprint density at radius 1 is 1.55 bits per heavy atom. The van der Waals surface area contributed by atoms with Crippen molar-refractivity contribution in [1.29, 1.82) is 0 Å². The average molecular weight is 342 g/mol. The molecule has 7 heteroatoms. The van der Waals surface area contributed by atoms with Crippen LogP contribution < -0.4 is 5.32 Å². The van der Waals surface area contributed by atoms with E-state index in [9.17, 15) is 14.9 Å². The van der Waals surface area contributed by atoms with Gasteiger partial charge >= 0.3 is 0 Å². The molecule has 1 amide bonds. The minimum absolute atomic E-state index is 0.0697. The van der Waals surface area contributed by atoms with Crippen molar-refractivity contribution in [2.24, 2.45) is 0 Å². The van der Waals surface area contributed by atoms with E-state index in [4.69, 9.17) is 0 Å². The second-order valence-corrected chi connectivity index (χ2v) is 5.69. The monoisotopic (exact) mass is 341 g/mol. The number of nitrogens with zero attached hydrogens (tertiary/aromatic N) is 2. The van der Waals surface area contributed by atoms with Crippen molar-refractivity contribution < 1.29 is 9.72 Å². The van der Waals surface area contributed by atoms with Crippen LogP contribution in [0.2, 0.25) is 0 Å². The number of amides is 1. The van der Waals surface area contributed by atoms with Crippen LogP contribution in [-0.2, 0) is 11.3 Å². The Labute approximate surface area is 125 Å². The lowest BCUT2D eigenvalue weighted by Crippen LogP contribution is -2.46. The summed E-state index contributed by atoms with van der Waals surface area (Å²) in [5.41, 5.74) is 0.916. The molecule has 0 spiro atoms. The molecular weight excluding hydrogens is 326 g/mol. The maximum absolute atomic E-state index is 11.4. The zero-order valence-electron chi connectivity index (χ0n) is 11.1. The molecule has 1 saturated heterocycles. The highest BCUT2D eigenvalue weighted by Gasteiger charge is 2.23. The number of carbonyl (C=O) groups excluding carboxylic acids is 1. The first-order valence-electron chi connectivity index (χ1n) is 6.38. The maximum Gasteiger partial charge on any atom is 0.283 e. The number of hydrogen-bond donors (Lipinski definition) is 1. The molecule has 2 rings (SSSR count). The molecule has 1 aromatic rings. The van der Waals surface area contributed by atoms with Gasteiger partial charge < -0.3 is 10.2 Å². The highest BCUT2D eigenvalue weighted by atomic mass is 79.9. The summed E-state index contributed by atoms with van der Waals surface area (Å²) >= 11 is 3.28. The predicted octanol–water partition coefficient (Wildman–Crippen LogP) is 2.07. The molecule has 0 aromatic heterocycles. The molecule has 1 unspecified atom stereocenters. The van der Waals surface area contributed by atoms with Gasteiger partial charge in [0, 0.05) is 38.7 Å². The van der Waals surface area contributed by atoms with Gasteiger partial charge in [-0.2, -0.15) is 0 Å². The van der Waals surface area contributed by atoms with Crippen molar-refractivity contribution in [1.82, 2.24) is 10.2 Å². The summed E-state index contributed by atoms with van der Waals surface area (Å²) in [6, 6.07) is 5.22. The molecule has 6 nitrogen and oxygen atoms in total. The number of likely N-dealkylation sites (tertiary alicyclic amines) is 1. The number of piperidine rings is 1. The van der Waals surface area contributed by atoms with Crippen molar-refractivity contribution in [3.05, 3.63) is 38.3 Å². The number of hydrogen-bond acceptors (Lipinski definition) is 4. The Morgan fingerprint density at radius 2 is 2.30 bits per heavy atom. The highest BCUT2D eigenvalue weighted by molar-refractivity contribution is 9.10. The lowest BCUT2D eigenvalue weighted by molar-refractivity contribution is -0.385. The quantitative estimate of drug-likeness (QED) is 0.671. The van der Waals surface area contributed by atoms with Crippen molar-refractivity contribution in [3.63, 3.8) is 0 Å². The molecule has 1 aromatic carbocycles. The van der Waals surface area contributed by atoms with Gasteiger partial charge in [-0.25, -0.2) is 0 Å². The SMILES string of the molecule is CN1CC(NCc2cccc([N+](=O)[O-])c2Br)CCC1=O. The van der Waals surface area contributed by atoms with Crippen LogP contribution in [0.5, 0.6) is 0 Å². The normalized spacial score (nSPS) is 19.2. The van der Waals surface area contributed by atoms with Gasteiger partial charge in [0.25, 0.3) is 5.69 Å². The number of carbonyl (C=O) groups is 1. The molecule has 1 N–H and O–H groups in total. The summed E-state index contributed by atoms with van der Waals surface area (Å²) in [7, 11) is 1.79. The van der Waals surface area contributed by atoms with E-state index in [0.717, 1.165) is 12.0 Å². The standard InChI is InChI=1S/C13H16BrN3O3/c1-16-8-10(5-6-12(16)18)15-7-9-3-2-4-11(13(9)14)17(19)20/h2-4,10,15H,5-8H2,1H3. The minimum atomic E-state index is -0.402. The smallest absolute Gasteiger partial charge is 0.283 e. The topological polar surface area (TPSA) is 75.5 Å². The van der Waals surface area contributed by atoms with Gasteiger partial charge in [0.15, 0.2) is 0 Å². The average Bonchev–Trinajstić information content (AvgIpc) is 2.41. The van der Waals surface area contributed by atoms with Gasteiger partial charge in [-0.05, 0) is 27.9 Å². The van der Waals surface area contributed by atoms with Crippen molar-refractivity contribution in [3.8, 4) is 0 Å². The van der Waals surface area contributed by atoms with Gasteiger partial charge in [0.05, 0.1) is 9.40 Å². The third-order valence-corrected chi connectivity index (χ3v) is 4.38. The summed E-state index contributed by atoms with van der Waals surface area (Å²) in [6.45, 7) is 1.21. The number of benzene rings is 1. The molecule has 0 saturated carbocycles. The van der Waals surface area contributed by atoms with Gasteiger partial charge in [-0.15, -0.1) is 0 Å². The summed E-state index contributed by atoms with van der Waals surface area (Å²) in [5, 5.41) is 14.2. The molecule has 1 fully saturated rings. The van der Waals surface area contributed by atoms with Crippen molar-refractivity contribution in [2.45, 2.75) is 25.4 Å². The number of rotatable bonds is 4. The first-order chi connectivity index (χ1) is 9.49. The van der Waals surface area contributed by atoms with E-state index in [2.05, 4.69) is 21.2 Å². The second kappa shape index (κ2) is 6.32. The van der Waals surface area contributed by atoms with Crippen LogP contribution in [-0.4, -0.2) is 35.4 Å². The first kappa shape index (κ1) is 14.9. The molecular formula is C13H16BrN3O3. The largest absolute Gasteiger partial charge is 0.344 e. The minimum Gasteiger partial charge on any atom is -0.344 e. The van der Waals surface area contributed by atoms with Crippen LogP contribution in [0.4, 0.5) is 5.69 Å². The van der Waals surface area contributed by atoms with Crippen LogP contribution in [0.15, 0.2) is 22.7 Å². The lowest BCUT2D eigenvalue weighted by Gasteiger charge is -2.30. The van der Waals surface area contributed by atoms with E-state index in [0.29, 0.717) is 24.0 Å². The van der Waals surface area contributed by atoms with Crippen LogP contribution in [0.25, 0.3) is 0 Å². The third kappa shape index (κ3) is 3.34. The van der Waals surface area contributed by atoms with E-state index >= 15 is 0 Å². The Bertz CT molecular complexity index is 536. The van der Waals surface area contributed by atoms with Crippen LogP contribution in [0.1, 0.15) is 18.4 Å². The Kier molecular flexibility index (Phi) is 4.72. The van der Waals surface area contributed by atoms with Crippen LogP contribution in [0, 0.1) is 10.1 Å². The van der Waals surface area contributed by atoms with E-state index in [1.54, 1.807) is 18.0 Å². The fourth-order valence-electron chi connectivity index (χ4n) is 2.28. The molecule has 0 bridgehead atoms. The Hall–Kier alpha value is -1.47. The van der Waals surface area contributed by atoms with Crippen LogP contribution in [0.3, 0.4) is 0 Å². The molecule has 108 valence electrons. The summed E-state index contributed by atoms with van der Waals surface area (Å²) in [4.78, 5) is 23.6. The number of nitro benzene ring substituents is 1. The number of nitro groups is 1. The molecule has 0 aliphatic carbocycles. The van der Waals surface area contributed by atoms with E-state index in [1.165, 1.54) is 6.07 Å². The van der Waals surface area contributed by atoms with Gasteiger partial charge in [0.1, 0.15) is 0 Å². The van der Waals surface area contributed by atoms with E-state index in [-0.39, 0.29) is 17.6 Å². The number of likely N-dealkylation sites (N-methyl/N-ethyl adjacent to an activating group) is 1. The molecule has 1 aliphatic rings. The zero-order chi connectivity index (χ0) is 14.7. The zero-order valence-corrected chi connectivity index (χ0v) is 12.7. The summed E-state index contributed by atoms with van der Waals surface area (Å²) < 4.78 is 0.512. The Balaban J connectivity index is 1.99. The molecule has 1 atom stereocenters. The second-order valence-electron chi connectivity index (χ2n) is 4.90. The summed E-state index contributed by atoms with van der Waals surface area (Å²) in [6.07, 6.45) is 1.35. The predicted molar refractivity (Wildman–Crippen MR) is 78.3 cm³/mol. The first-order valence-corrected chi connectivity index (χ1v) is 7.17. The van der Waals surface area contributed by atoms with E-state index in [1.807, 2.05) is 6.07 Å². The fourth-order valence-corrected chi connectivity index (χ4v) is 2.83. The van der Waals surface area contributed by atoms with Gasteiger partial charge in [0.2, 0.25) is 5.91 Å². The Morgan fingerprint density at radius 3 is 2.95 bits per heavy atom. The fraction of sp³-hybridized carbons (Fsp3) is 0.462. The van der Waals surface area contributed by atoms with Gasteiger partial charge in [-0.1, -0.05) is 12.1 Å². The third-order valence-electron chi connectivity index (χ3n) is 3.46. The maximum atomic E-state index is 11.4. The lowest BCUT2D eigenvalue weighted by atomic mass is 10.1. The number of halogens is 1. The van der Waals surface area contributed by atoms with Crippen LogP contribution >= 0.6 is 15.9 Å². The highest BCUT2D eigenvalue weighted by Crippen LogP contribution is 2.28. The molecule has 1 heterocycles. The van der Waals surface area contributed by atoms with Crippen molar-refractivity contribution >= 4 is 27.5 Å². The molecule has 0 radical (unpaired) electrons. The number of nitrogens with one attached hydrogen (secondary N) is 1. The molecule has 1 aliphatic heterocycles. The molecule has 20 heavy (non-hydrogen) atoms. The van der Waals surface area contributed by atoms with E-state index < -0.39 is 4.92 Å².